The molecular formula is C33H27F3N4O2S. The van der Waals surface area contributed by atoms with Crippen molar-refractivity contribution < 1.29 is 23.0 Å². The fourth-order valence-electron chi connectivity index (χ4n) is 5.01. The van der Waals surface area contributed by atoms with Gasteiger partial charge >= 0.3 is 6.18 Å². The Balaban J connectivity index is 1.71. The highest BCUT2D eigenvalue weighted by Gasteiger charge is 2.65. The van der Waals surface area contributed by atoms with Gasteiger partial charge < -0.3 is 14.7 Å². The molecule has 1 aromatic carbocycles. The number of ether oxygens (including phenoxy) is 1. The molecule has 43 heavy (non-hydrogen) atoms. The Morgan fingerprint density at radius 2 is 1.67 bits per heavy atom. The van der Waals surface area contributed by atoms with E-state index in [-0.39, 0.29) is 12.2 Å². The van der Waals surface area contributed by atoms with Gasteiger partial charge in [-0.1, -0.05) is 42.5 Å². The van der Waals surface area contributed by atoms with Crippen LogP contribution in [-0.4, -0.2) is 36.4 Å². The number of nitrogens with zero attached hydrogens (tertiary/aromatic N) is 4. The van der Waals surface area contributed by atoms with Gasteiger partial charge in [-0.25, -0.2) is 0 Å². The van der Waals surface area contributed by atoms with Crippen molar-refractivity contribution in [3.8, 4) is 18.2 Å². The van der Waals surface area contributed by atoms with E-state index in [4.69, 9.17) is 4.74 Å². The highest BCUT2D eigenvalue weighted by atomic mass is 32.1. The molecule has 0 radical (unpaired) electrons. The Morgan fingerprint density at radius 3 is 2.23 bits per heavy atom. The van der Waals surface area contributed by atoms with E-state index in [1.165, 1.54) is 53.3 Å². The van der Waals surface area contributed by atoms with Gasteiger partial charge in [0.15, 0.2) is 11.3 Å². The van der Waals surface area contributed by atoms with Crippen LogP contribution in [0, 0.1) is 34.0 Å². The van der Waals surface area contributed by atoms with Crippen molar-refractivity contribution in [2.45, 2.75) is 31.5 Å². The monoisotopic (exact) mass is 600 g/mol. The Hall–Kier alpha value is -4.82. The topological polar surface area (TPSA) is 104 Å². The summed E-state index contributed by atoms with van der Waals surface area (Å²) in [5, 5.41) is 37.9. The maximum atomic E-state index is 14.9. The van der Waals surface area contributed by atoms with Gasteiger partial charge in [-0.05, 0) is 61.3 Å². The first kappa shape index (κ1) is 31.1. The maximum Gasteiger partial charge on any atom is 0.437 e. The minimum Gasteiger partial charge on any atom is -0.465 e. The number of halogens is 3. The first-order valence-corrected chi connectivity index (χ1v) is 14.1. The molecule has 2 aromatic rings. The molecule has 218 valence electrons. The highest BCUT2D eigenvalue weighted by molar-refractivity contribution is 7.13. The predicted octanol–water partition coefficient (Wildman–Crippen LogP) is 7.30. The zero-order chi connectivity index (χ0) is 31.2. The molecule has 10 heteroatoms. The summed E-state index contributed by atoms with van der Waals surface area (Å²) in [5.41, 5.74) is -1.67. The number of hydrogen-bond donors (Lipinski definition) is 1. The molecule has 4 rings (SSSR count). The molecule has 0 amide bonds. The van der Waals surface area contributed by atoms with Gasteiger partial charge in [-0.3, -0.25) is 0 Å². The minimum atomic E-state index is -5.04. The van der Waals surface area contributed by atoms with Gasteiger partial charge in [-0.15, -0.1) is 11.3 Å². The lowest BCUT2D eigenvalue weighted by Crippen LogP contribution is -2.43. The number of benzene rings is 1. The van der Waals surface area contributed by atoms with Crippen LogP contribution in [0.25, 0.3) is 12.2 Å². The van der Waals surface area contributed by atoms with E-state index in [9.17, 15) is 34.1 Å². The Kier molecular flexibility index (Phi) is 9.41. The molecule has 1 aliphatic carbocycles. The average Bonchev–Trinajstić information content (AvgIpc) is 3.59. The third kappa shape index (κ3) is 6.20. The number of nitriles is 3. The Bertz CT molecular complexity index is 1690. The molecule has 2 aliphatic rings. The minimum absolute atomic E-state index is 0.0860. The van der Waals surface area contributed by atoms with E-state index in [1.54, 1.807) is 30.3 Å². The molecule has 0 saturated heterocycles. The van der Waals surface area contributed by atoms with Crippen LogP contribution in [-0.2, 0) is 10.3 Å². The van der Waals surface area contributed by atoms with Crippen LogP contribution in [0.15, 0.2) is 100 Å². The lowest BCUT2D eigenvalue weighted by molar-refractivity contribution is -0.249. The SMILES string of the molecule is CC1=C(/C=C/c2ccc(/C=C/C3=C(C#N)C(=C(C#N)C#N)OC3(c3ccccc3)C(F)(F)F)s2)CCC(N(C)CCO)=C1. The van der Waals surface area contributed by atoms with Gasteiger partial charge in [0.1, 0.15) is 23.8 Å². The fraction of sp³-hybridized carbons (Fsp3) is 0.242. The molecule has 0 spiro atoms. The lowest BCUT2D eigenvalue weighted by Gasteiger charge is -2.33. The number of allylic oxidation sites excluding steroid dienone is 7. The number of thiophene rings is 1. The zero-order valence-corrected chi connectivity index (χ0v) is 24.3. The van der Waals surface area contributed by atoms with Crippen molar-refractivity contribution in [1.29, 1.82) is 15.8 Å². The molecule has 0 bridgehead atoms. The second kappa shape index (κ2) is 13.0. The van der Waals surface area contributed by atoms with Crippen LogP contribution in [0.1, 0.15) is 35.1 Å². The van der Waals surface area contributed by atoms with Crippen LogP contribution in [0.5, 0.6) is 0 Å². The molecule has 1 atom stereocenters. The van der Waals surface area contributed by atoms with Crippen molar-refractivity contribution >= 4 is 23.5 Å². The van der Waals surface area contributed by atoms with Crippen LogP contribution >= 0.6 is 11.3 Å². The van der Waals surface area contributed by atoms with E-state index in [2.05, 4.69) is 6.08 Å². The van der Waals surface area contributed by atoms with Crippen LogP contribution < -0.4 is 0 Å². The summed E-state index contributed by atoms with van der Waals surface area (Å²) in [5.74, 6) is -0.695. The number of rotatable bonds is 8. The normalized spacial score (nSPS) is 18.9. The largest absolute Gasteiger partial charge is 0.465 e. The van der Waals surface area contributed by atoms with Crippen LogP contribution in [0.2, 0.25) is 0 Å². The summed E-state index contributed by atoms with van der Waals surface area (Å²) in [6.45, 7) is 2.69. The molecule has 6 nitrogen and oxygen atoms in total. The number of hydrogen-bond acceptors (Lipinski definition) is 7. The first-order chi connectivity index (χ1) is 20.6. The number of aliphatic hydroxyl groups excluding tert-OH is 1. The zero-order valence-electron chi connectivity index (χ0n) is 23.4. The quantitative estimate of drug-likeness (QED) is 0.319. The second-order valence-corrected chi connectivity index (χ2v) is 11.0. The molecule has 2 heterocycles. The third-order valence-electron chi connectivity index (χ3n) is 7.25. The summed E-state index contributed by atoms with van der Waals surface area (Å²) < 4.78 is 50.2. The summed E-state index contributed by atoms with van der Waals surface area (Å²) in [6.07, 6.45) is 5.40. The summed E-state index contributed by atoms with van der Waals surface area (Å²) in [7, 11) is 1.95. The predicted molar refractivity (Wildman–Crippen MR) is 158 cm³/mol. The van der Waals surface area contributed by atoms with E-state index in [0.29, 0.717) is 11.4 Å². The third-order valence-corrected chi connectivity index (χ3v) is 8.27. The second-order valence-electron chi connectivity index (χ2n) is 9.87. The summed E-state index contributed by atoms with van der Waals surface area (Å²) in [6, 6.07) is 15.3. The molecule has 0 saturated carbocycles. The number of alkyl halides is 3. The van der Waals surface area contributed by atoms with Crippen molar-refractivity contribution in [3.05, 3.63) is 115 Å². The van der Waals surface area contributed by atoms with Gasteiger partial charge in [0.05, 0.1) is 6.61 Å². The van der Waals surface area contributed by atoms with Gasteiger partial charge in [-0.2, -0.15) is 29.0 Å². The first-order valence-electron chi connectivity index (χ1n) is 13.3. The van der Waals surface area contributed by atoms with E-state index < -0.39 is 34.3 Å². The maximum absolute atomic E-state index is 14.9. The summed E-state index contributed by atoms with van der Waals surface area (Å²) >= 11 is 1.35. The highest BCUT2D eigenvalue weighted by Crippen LogP contribution is 2.56. The van der Waals surface area contributed by atoms with Crippen LogP contribution in [0.3, 0.4) is 0 Å². The molecular weight excluding hydrogens is 573 g/mol. The standard InChI is InChI=1S/C33H27F3N4O2S/c1-22-18-26(40(2)16-17-41)10-8-23(22)9-11-27-12-13-28(43-27)14-15-30-29(21-39)31(24(19-37)20-38)42-32(30,33(34,35)36)25-6-4-3-5-7-25/h3-7,9,11-15,18,41H,8,10,16-17H2,1-2H3/b11-9+,15-14+. The molecule has 1 aromatic heterocycles. The molecule has 1 aliphatic heterocycles. The van der Waals surface area contributed by atoms with Crippen molar-refractivity contribution in [3.63, 3.8) is 0 Å². The van der Waals surface area contributed by atoms with Crippen molar-refractivity contribution in [2.24, 2.45) is 0 Å². The molecule has 1 unspecified atom stereocenters. The van der Waals surface area contributed by atoms with Crippen LogP contribution in [0.4, 0.5) is 13.2 Å². The van der Waals surface area contributed by atoms with Gasteiger partial charge in [0.25, 0.3) is 5.60 Å². The van der Waals surface area contributed by atoms with Gasteiger partial charge in [0, 0.05) is 40.2 Å². The smallest absolute Gasteiger partial charge is 0.437 e. The number of aliphatic hydroxyl groups is 1. The van der Waals surface area contributed by atoms with Crippen molar-refractivity contribution in [1.82, 2.24) is 4.90 Å². The van der Waals surface area contributed by atoms with E-state index >= 15 is 0 Å². The fourth-order valence-corrected chi connectivity index (χ4v) is 5.83. The summed E-state index contributed by atoms with van der Waals surface area (Å²) in [4.78, 5) is 3.55. The average molecular weight is 601 g/mol. The van der Waals surface area contributed by atoms with E-state index in [0.717, 1.165) is 29.0 Å². The van der Waals surface area contributed by atoms with E-state index in [1.807, 2.05) is 37.1 Å². The lowest BCUT2D eigenvalue weighted by atomic mass is 9.84. The van der Waals surface area contributed by atoms with Crippen molar-refractivity contribution in [2.75, 3.05) is 20.2 Å². The Morgan fingerprint density at radius 1 is 1.02 bits per heavy atom. The molecule has 0 fully saturated rings. The molecule has 1 N–H and O–H groups in total. The number of likely N-dealkylation sites (N-methyl/N-ethyl adjacent to an activating group) is 1. The Labute approximate surface area is 252 Å². The van der Waals surface area contributed by atoms with Gasteiger partial charge in [0.2, 0.25) is 0 Å².